The van der Waals surface area contributed by atoms with Gasteiger partial charge in [0.2, 0.25) is 0 Å². The molecule has 24 nitrogen and oxygen atoms in total. The van der Waals surface area contributed by atoms with Gasteiger partial charge in [0.1, 0.15) is 22.6 Å². The minimum atomic E-state index is -0.403. The Bertz CT molecular complexity index is 3860. The molecule has 9 rings (SSSR count). The number of H-pyrrole nitrogens is 2. The Kier molecular flexibility index (Phi) is 21.8. The van der Waals surface area contributed by atoms with Crippen LogP contribution in [-0.2, 0) is 0 Å². The standard InChI is InChI=1S/C72H90N16O8/c1-17-81(18-2)65(89)49-33-41-42(34-50(49)66(90)82(19-3)20-4)58-73-57(41)77-59-43-35-51(67(91)83(21-5)22-6)52(68(92)84(23-7)24-8)36-44(43)61(74-59)79-63-47-39-55(71(95)87(29-13)30-14)56(72(96)88(31-15)32-16)40-48(47)64(76-63)80-62-46-38-54(70(94)86(27-11)28-12)53(69(93)85(25-9)26-10)37-45(46)60(75-62)78-58/h33-40H,17-32H2,1-16H3,(H2,73,74,75,76,77,78,79,80). The van der Waals surface area contributed by atoms with Crippen LogP contribution in [0.4, 0.5) is 0 Å². The van der Waals surface area contributed by atoms with Crippen molar-refractivity contribution >= 4 is 91.4 Å². The highest BCUT2D eigenvalue weighted by atomic mass is 16.2. The van der Waals surface area contributed by atoms with Crippen molar-refractivity contribution in [1.29, 1.82) is 0 Å². The number of aromatic amines is 2. The van der Waals surface area contributed by atoms with Crippen LogP contribution >= 0.6 is 0 Å². The zero-order valence-electron chi connectivity index (χ0n) is 58.5. The van der Waals surface area contributed by atoms with Gasteiger partial charge in [-0.3, -0.25) is 38.4 Å². The number of carbonyl (C=O) groups excluding carboxylic acids is 8. The van der Waals surface area contributed by atoms with E-state index in [4.69, 9.17) is 29.9 Å². The van der Waals surface area contributed by atoms with Gasteiger partial charge in [0.25, 0.3) is 47.3 Å². The first-order chi connectivity index (χ1) is 46.2. The van der Waals surface area contributed by atoms with E-state index in [9.17, 15) is 38.4 Å². The number of fused-ring (bicyclic) bond motifs is 20. The lowest BCUT2D eigenvalue weighted by Gasteiger charge is -2.24. The zero-order valence-corrected chi connectivity index (χ0v) is 58.5. The summed E-state index contributed by atoms with van der Waals surface area (Å²) in [7, 11) is 0. The molecule has 96 heavy (non-hydrogen) atoms. The molecule has 0 saturated heterocycles. The number of hydrogen-bond donors (Lipinski definition) is 2. The van der Waals surface area contributed by atoms with Crippen LogP contribution in [-0.4, -0.2) is 231 Å². The van der Waals surface area contributed by atoms with Crippen molar-refractivity contribution in [3.63, 3.8) is 0 Å². The van der Waals surface area contributed by atoms with Gasteiger partial charge in [0, 0.05) is 149 Å². The summed E-state index contributed by atoms with van der Waals surface area (Å²) < 4.78 is 0. The zero-order chi connectivity index (χ0) is 69.7. The highest BCUT2D eigenvalue weighted by Gasteiger charge is 2.35. The number of amides is 8. The molecule has 0 radical (unpaired) electrons. The SMILES string of the molecule is CCN(CC)C(=O)c1cc2c(cc1C(=O)N(CC)CC)-c1nc-2nc2[nH]c(nc3nc(nc4[nH]c(n1)c1cc(C(=O)N(CC)CC)c(C(=O)N(CC)CC)cc41)-c1cc(C(=O)N(CC)CC)c(C(=O)N(CC)CC)cc1-3)c1cc(C(=O)N(CC)CC)c(C(=O)N(CC)CC)cc21. The van der Waals surface area contributed by atoms with Gasteiger partial charge in [-0.25, -0.2) is 29.9 Å². The summed E-state index contributed by atoms with van der Waals surface area (Å²) in [5.74, 6) is -3.06. The van der Waals surface area contributed by atoms with Crippen molar-refractivity contribution < 1.29 is 38.4 Å². The molecule has 8 amide bonds. The van der Waals surface area contributed by atoms with Crippen LogP contribution in [0.2, 0.25) is 0 Å². The van der Waals surface area contributed by atoms with E-state index in [2.05, 4.69) is 9.97 Å². The Balaban J connectivity index is 1.58. The lowest BCUT2D eigenvalue weighted by atomic mass is 9.96. The monoisotopic (exact) mass is 1310 g/mol. The Hall–Kier alpha value is -10.0. The van der Waals surface area contributed by atoms with Gasteiger partial charge in [-0.2, -0.15) is 0 Å². The minimum absolute atomic E-state index is 0.0373. The van der Waals surface area contributed by atoms with E-state index < -0.39 is 47.3 Å². The van der Waals surface area contributed by atoms with E-state index in [1.54, 1.807) is 87.7 Å². The predicted molar refractivity (Wildman–Crippen MR) is 374 cm³/mol. The average Bonchev–Trinajstić information content (AvgIpc) is 1.60. The smallest absolute Gasteiger partial charge is 0.254 e. The molecule has 2 N–H and O–H groups in total. The number of carbonyl (C=O) groups is 8. The summed E-state index contributed by atoms with van der Waals surface area (Å²) in [6, 6.07) is 13.0. The number of nitrogens with one attached hydrogen (secondary N) is 2. The number of nitrogens with zero attached hydrogens (tertiary/aromatic N) is 14. The molecule has 24 heteroatoms. The molecule has 2 aliphatic rings. The van der Waals surface area contributed by atoms with E-state index in [0.29, 0.717) is 149 Å². The molecule has 0 aliphatic carbocycles. The van der Waals surface area contributed by atoms with Gasteiger partial charge in [0.15, 0.2) is 23.3 Å². The second kappa shape index (κ2) is 29.7. The maximum Gasteiger partial charge on any atom is 0.254 e. The largest absolute Gasteiger partial charge is 0.339 e. The molecule has 8 bridgehead atoms. The second-order valence-electron chi connectivity index (χ2n) is 23.2. The van der Waals surface area contributed by atoms with Gasteiger partial charge in [-0.15, -0.1) is 0 Å². The van der Waals surface area contributed by atoms with Crippen LogP contribution in [0.1, 0.15) is 194 Å². The van der Waals surface area contributed by atoms with Crippen molar-refractivity contribution in [2.45, 2.75) is 111 Å². The summed E-state index contributed by atoms with van der Waals surface area (Å²) >= 11 is 0. The van der Waals surface area contributed by atoms with Crippen LogP contribution in [0.5, 0.6) is 0 Å². The van der Waals surface area contributed by atoms with Crippen LogP contribution in [0, 0.1) is 0 Å². The number of aromatic nitrogens is 8. The lowest BCUT2D eigenvalue weighted by molar-refractivity contribution is 0.0734. The first kappa shape index (κ1) is 70.3. The van der Waals surface area contributed by atoms with Crippen molar-refractivity contribution in [2.24, 2.45) is 0 Å². The third-order valence-corrected chi connectivity index (χ3v) is 18.6. The highest BCUT2D eigenvalue weighted by molar-refractivity contribution is 6.18. The fourth-order valence-electron chi connectivity index (χ4n) is 12.8. The Labute approximate surface area is 560 Å². The molecule has 2 aliphatic heterocycles. The minimum Gasteiger partial charge on any atom is -0.339 e. The van der Waals surface area contributed by atoms with Gasteiger partial charge in [0.05, 0.1) is 44.5 Å². The Morgan fingerprint density at radius 1 is 0.229 bits per heavy atom. The van der Waals surface area contributed by atoms with Crippen molar-refractivity contribution in [2.75, 3.05) is 105 Å². The Morgan fingerprint density at radius 3 is 0.500 bits per heavy atom. The molecular formula is C72H90N16O8. The predicted octanol–water partition coefficient (Wildman–Crippen LogP) is 10.7. The molecule has 0 unspecified atom stereocenters. The van der Waals surface area contributed by atoms with E-state index in [-0.39, 0.29) is 90.4 Å². The van der Waals surface area contributed by atoms with Crippen molar-refractivity contribution in [3.05, 3.63) is 93.0 Å². The van der Waals surface area contributed by atoms with Gasteiger partial charge in [-0.1, -0.05) is 0 Å². The molecule has 0 spiro atoms. The number of hydrogen-bond acceptors (Lipinski definition) is 14. The first-order valence-electron chi connectivity index (χ1n) is 34.1. The van der Waals surface area contributed by atoms with Crippen molar-refractivity contribution in [1.82, 2.24) is 79.1 Å². The third-order valence-electron chi connectivity index (χ3n) is 18.6. The fourth-order valence-corrected chi connectivity index (χ4v) is 12.8. The maximum atomic E-state index is 15.0. The normalized spacial score (nSPS) is 11.5. The number of benzene rings is 4. The van der Waals surface area contributed by atoms with E-state index in [1.807, 2.05) is 111 Å². The highest BCUT2D eigenvalue weighted by Crippen LogP contribution is 2.41. The van der Waals surface area contributed by atoms with Crippen LogP contribution < -0.4 is 0 Å². The van der Waals surface area contributed by atoms with Crippen molar-refractivity contribution in [3.8, 4) is 45.6 Å². The summed E-state index contributed by atoms with van der Waals surface area (Å²) in [4.78, 5) is 171. The molecule has 3 aromatic heterocycles. The summed E-state index contributed by atoms with van der Waals surface area (Å²) in [5, 5.41) is 1.38. The lowest BCUT2D eigenvalue weighted by Crippen LogP contribution is -2.35. The van der Waals surface area contributed by atoms with Crippen LogP contribution in [0.25, 0.3) is 89.7 Å². The maximum absolute atomic E-state index is 15.0. The van der Waals surface area contributed by atoms with Crippen LogP contribution in [0.3, 0.4) is 0 Å². The molecule has 506 valence electrons. The van der Waals surface area contributed by atoms with Gasteiger partial charge in [-0.05, 0) is 159 Å². The topological polar surface area (TPSA) is 271 Å². The molecule has 7 aromatic rings. The van der Waals surface area contributed by atoms with Gasteiger partial charge >= 0.3 is 0 Å². The Morgan fingerprint density at radius 2 is 0.365 bits per heavy atom. The van der Waals surface area contributed by atoms with E-state index >= 15 is 0 Å². The average molecular weight is 1310 g/mol. The first-order valence-corrected chi connectivity index (χ1v) is 34.1. The van der Waals surface area contributed by atoms with Gasteiger partial charge < -0.3 is 49.2 Å². The molecule has 0 atom stereocenters. The second-order valence-corrected chi connectivity index (χ2v) is 23.2. The molecular weight excluding hydrogens is 1220 g/mol. The number of rotatable bonds is 24. The molecule has 0 saturated carbocycles. The summed E-state index contributed by atoms with van der Waals surface area (Å²) in [6.45, 7) is 35.2. The third kappa shape index (κ3) is 12.6. The summed E-state index contributed by atoms with van der Waals surface area (Å²) in [5.41, 5.74) is 2.61. The van der Waals surface area contributed by atoms with E-state index in [0.717, 1.165) is 0 Å². The fraction of sp³-hybridized carbons (Fsp3) is 0.444. The molecule has 5 heterocycles. The van der Waals surface area contributed by atoms with Crippen LogP contribution in [0.15, 0.2) is 48.5 Å². The quantitative estimate of drug-likeness (QED) is 0.0570. The molecule has 0 fully saturated rings. The molecule has 4 aromatic carbocycles. The van der Waals surface area contributed by atoms with E-state index in [1.165, 1.54) is 0 Å². The summed E-state index contributed by atoms with van der Waals surface area (Å²) in [6.07, 6.45) is 0.